The quantitative estimate of drug-likeness (QED) is 0.656. The van der Waals surface area contributed by atoms with E-state index in [1.807, 2.05) is 6.92 Å². The number of hydrogen-bond acceptors (Lipinski definition) is 6. The van der Waals surface area contributed by atoms with Crippen molar-refractivity contribution < 1.29 is 14.1 Å². The summed E-state index contributed by atoms with van der Waals surface area (Å²) in [4.78, 5) is 36.7. The van der Waals surface area contributed by atoms with E-state index < -0.39 is 17.0 Å². The molecular formula is C18H18N4O5. The Morgan fingerprint density at radius 3 is 2.56 bits per heavy atom. The van der Waals surface area contributed by atoms with Crippen LogP contribution in [0.5, 0.6) is 5.75 Å². The third-order valence-corrected chi connectivity index (χ3v) is 3.69. The highest BCUT2D eigenvalue weighted by atomic mass is 16.5. The summed E-state index contributed by atoms with van der Waals surface area (Å²) in [7, 11) is 0. The van der Waals surface area contributed by atoms with Gasteiger partial charge in [0.2, 0.25) is 5.91 Å². The Hall–Kier alpha value is -3.62. The maximum atomic E-state index is 12.4. The molecule has 0 fully saturated rings. The lowest BCUT2D eigenvalue weighted by Gasteiger charge is -2.09. The van der Waals surface area contributed by atoms with Crippen molar-refractivity contribution in [3.8, 4) is 11.4 Å². The Bertz CT molecular complexity index is 1060. The van der Waals surface area contributed by atoms with Gasteiger partial charge in [0.1, 0.15) is 18.1 Å². The fourth-order valence-electron chi connectivity index (χ4n) is 2.47. The topological polar surface area (TPSA) is 108 Å². The Balaban J connectivity index is 1.79. The van der Waals surface area contributed by atoms with Crippen molar-refractivity contribution in [3.63, 3.8) is 0 Å². The average molecular weight is 370 g/mol. The molecule has 3 aromatic rings. The minimum absolute atomic E-state index is 0.244. The Morgan fingerprint density at radius 1 is 1.19 bits per heavy atom. The Kier molecular flexibility index (Phi) is 5.20. The van der Waals surface area contributed by atoms with Crippen molar-refractivity contribution in [1.29, 1.82) is 0 Å². The van der Waals surface area contributed by atoms with Crippen LogP contribution in [0.4, 0.5) is 5.82 Å². The van der Waals surface area contributed by atoms with Gasteiger partial charge in [-0.2, -0.15) is 0 Å². The molecule has 27 heavy (non-hydrogen) atoms. The summed E-state index contributed by atoms with van der Waals surface area (Å²) < 4.78 is 12.5. The summed E-state index contributed by atoms with van der Waals surface area (Å²) in [5, 5.41) is 6.14. The lowest BCUT2D eigenvalue weighted by Crippen LogP contribution is -2.41. The summed E-state index contributed by atoms with van der Waals surface area (Å²) >= 11 is 0. The summed E-state index contributed by atoms with van der Waals surface area (Å²) in [6.45, 7) is 3.78. The zero-order valence-corrected chi connectivity index (χ0v) is 14.8. The van der Waals surface area contributed by atoms with Crippen LogP contribution in [0.1, 0.15) is 12.7 Å². The molecule has 0 aliphatic heterocycles. The highest BCUT2D eigenvalue weighted by Crippen LogP contribution is 2.13. The molecule has 2 heterocycles. The molecule has 0 unspecified atom stereocenters. The van der Waals surface area contributed by atoms with Gasteiger partial charge in [-0.1, -0.05) is 5.16 Å². The van der Waals surface area contributed by atoms with Gasteiger partial charge in [0.15, 0.2) is 5.82 Å². The average Bonchev–Trinajstić information content (AvgIpc) is 3.05. The number of amides is 1. The van der Waals surface area contributed by atoms with E-state index >= 15 is 0 Å². The van der Waals surface area contributed by atoms with Crippen LogP contribution in [-0.2, 0) is 11.3 Å². The summed E-state index contributed by atoms with van der Waals surface area (Å²) in [5.74, 6) is 0.958. The predicted molar refractivity (Wildman–Crippen MR) is 97.3 cm³/mol. The lowest BCUT2D eigenvalue weighted by molar-refractivity contribution is -0.116. The van der Waals surface area contributed by atoms with E-state index in [0.29, 0.717) is 23.8 Å². The number of carbonyl (C=O) groups is 1. The number of carbonyl (C=O) groups excluding carboxylic acids is 1. The number of aromatic nitrogens is 3. The first-order chi connectivity index (χ1) is 13.0. The summed E-state index contributed by atoms with van der Waals surface area (Å²) in [5.41, 5.74) is -1.04. The van der Waals surface area contributed by atoms with Gasteiger partial charge in [-0.05, 0) is 38.1 Å². The van der Waals surface area contributed by atoms with Gasteiger partial charge < -0.3 is 14.6 Å². The molecule has 0 saturated carbocycles. The first-order valence-electron chi connectivity index (χ1n) is 8.26. The van der Waals surface area contributed by atoms with E-state index in [1.54, 1.807) is 37.3 Å². The molecule has 1 aromatic carbocycles. The first-order valence-corrected chi connectivity index (χ1v) is 8.26. The SMILES string of the molecule is CCOc1ccc(-n2ccn(CC(=O)Nc3cc(C)on3)c(=O)c2=O)cc1. The number of ether oxygens (including phenoxy) is 1. The van der Waals surface area contributed by atoms with Gasteiger partial charge in [-0.25, -0.2) is 0 Å². The zero-order valence-electron chi connectivity index (χ0n) is 14.8. The van der Waals surface area contributed by atoms with Gasteiger partial charge in [0.05, 0.1) is 6.61 Å². The van der Waals surface area contributed by atoms with E-state index in [1.165, 1.54) is 17.0 Å². The van der Waals surface area contributed by atoms with E-state index in [0.717, 1.165) is 4.57 Å². The third kappa shape index (κ3) is 4.14. The number of nitrogens with zero attached hydrogens (tertiary/aromatic N) is 3. The number of nitrogens with one attached hydrogen (secondary N) is 1. The zero-order chi connectivity index (χ0) is 19.4. The van der Waals surface area contributed by atoms with Gasteiger partial charge in [0, 0.05) is 24.1 Å². The molecule has 0 radical (unpaired) electrons. The standard InChI is InChI=1S/C18H18N4O5/c1-3-26-14-6-4-13(5-7-14)22-9-8-21(17(24)18(22)25)11-16(23)19-15-10-12(2)27-20-15/h4-10H,3,11H2,1-2H3,(H,19,20,23). The van der Waals surface area contributed by atoms with Crippen molar-refractivity contribution >= 4 is 11.7 Å². The molecule has 1 N–H and O–H groups in total. The van der Waals surface area contributed by atoms with Crippen LogP contribution in [-0.4, -0.2) is 26.8 Å². The Labute approximate surface area is 153 Å². The van der Waals surface area contributed by atoms with Gasteiger partial charge >= 0.3 is 11.1 Å². The second-order valence-electron chi connectivity index (χ2n) is 5.70. The Morgan fingerprint density at radius 2 is 1.93 bits per heavy atom. The van der Waals surface area contributed by atoms with E-state index in [-0.39, 0.29) is 12.4 Å². The van der Waals surface area contributed by atoms with E-state index in [2.05, 4.69) is 10.5 Å². The molecule has 9 nitrogen and oxygen atoms in total. The van der Waals surface area contributed by atoms with Gasteiger partial charge in [-0.15, -0.1) is 0 Å². The summed E-state index contributed by atoms with van der Waals surface area (Å²) in [6.07, 6.45) is 2.82. The smallest absolute Gasteiger partial charge is 0.320 e. The molecule has 140 valence electrons. The lowest BCUT2D eigenvalue weighted by atomic mass is 10.3. The minimum Gasteiger partial charge on any atom is -0.494 e. The van der Waals surface area contributed by atoms with Crippen molar-refractivity contribution in [2.45, 2.75) is 20.4 Å². The molecule has 0 spiro atoms. The van der Waals surface area contributed by atoms with Crippen LogP contribution < -0.4 is 21.2 Å². The molecule has 9 heteroatoms. The minimum atomic E-state index is -0.808. The monoisotopic (exact) mass is 370 g/mol. The largest absolute Gasteiger partial charge is 0.494 e. The molecular weight excluding hydrogens is 352 g/mol. The van der Waals surface area contributed by atoms with Crippen LogP contribution in [0.25, 0.3) is 5.69 Å². The van der Waals surface area contributed by atoms with Crippen LogP contribution in [0, 0.1) is 6.92 Å². The number of anilines is 1. The molecule has 0 bridgehead atoms. The molecule has 1 amide bonds. The molecule has 0 aliphatic rings. The van der Waals surface area contributed by atoms with Crippen LogP contribution >= 0.6 is 0 Å². The second-order valence-corrected chi connectivity index (χ2v) is 5.70. The normalized spacial score (nSPS) is 10.6. The molecule has 0 atom stereocenters. The fourth-order valence-corrected chi connectivity index (χ4v) is 2.47. The van der Waals surface area contributed by atoms with Crippen LogP contribution in [0.15, 0.2) is 56.8 Å². The number of benzene rings is 1. The molecule has 0 aliphatic carbocycles. The number of hydrogen-bond donors (Lipinski definition) is 1. The van der Waals surface area contributed by atoms with Crippen LogP contribution in [0.3, 0.4) is 0 Å². The van der Waals surface area contributed by atoms with Crippen LogP contribution in [0.2, 0.25) is 0 Å². The van der Waals surface area contributed by atoms with E-state index in [9.17, 15) is 14.4 Å². The highest BCUT2D eigenvalue weighted by molar-refractivity contribution is 5.89. The predicted octanol–water partition coefficient (Wildman–Crippen LogP) is 1.33. The third-order valence-electron chi connectivity index (χ3n) is 3.69. The maximum Gasteiger partial charge on any atom is 0.320 e. The van der Waals surface area contributed by atoms with Crippen molar-refractivity contribution in [2.24, 2.45) is 0 Å². The molecule has 3 rings (SSSR count). The number of aryl methyl sites for hydroxylation is 1. The van der Waals surface area contributed by atoms with Crippen molar-refractivity contribution in [3.05, 3.63) is 69.2 Å². The van der Waals surface area contributed by atoms with Crippen molar-refractivity contribution in [1.82, 2.24) is 14.3 Å². The second kappa shape index (κ2) is 7.73. The van der Waals surface area contributed by atoms with Crippen molar-refractivity contribution in [2.75, 3.05) is 11.9 Å². The number of rotatable bonds is 6. The fraction of sp³-hybridized carbons (Fsp3) is 0.222. The van der Waals surface area contributed by atoms with Gasteiger partial charge in [-0.3, -0.25) is 23.5 Å². The first kappa shape index (κ1) is 18.2. The molecule has 2 aromatic heterocycles. The highest BCUT2D eigenvalue weighted by Gasteiger charge is 2.11. The van der Waals surface area contributed by atoms with Gasteiger partial charge in [0.25, 0.3) is 0 Å². The molecule has 0 saturated heterocycles. The summed E-state index contributed by atoms with van der Waals surface area (Å²) in [6, 6.07) is 8.32. The maximum absolute atomic E-state index is 12.4. The van der Waals surface area contributed by atoms with E-state index in [4.69, 9.17) is 9.26 Å².